The Morgan fingerprint density at radius 1 is 0.967 bits per heavy atom. The fraction of sp³-hybridized carbons (Fsp3) is 0.261. The zero-order chi connectivity index (χ0) is 20.9. The summed E-state index contributed by atoms with van der Waals surface area (Å²) in [6, 6.07) is 12.6. The topological polar surface area (TPSA) is 29.5 Å². The van der Waals surface area contributed by atoms with Gasteiger partial charge in [0.25, 0.3) is 0 Å². The van der Waals surface area contributed by atoms with Crippen LogP contribution in [0.5, 0.6) is 0 Å². The molecule has 1 heterocycles. The molecule has 7 heteroatoms. The standard InChI is InChI=1S/C23H17I2NO2S2/c24-29-11-7-16-3-5-18-19-6-4-17(8-12-30-25)14-21(19)22(20(18)13-16)15-28-23(27)26-9-1-2-10-26/h3-6,13-14,22H,1-2,9-10,15H2. The minimum absolute atomic E-state index is 0.00966. The van der Waals surface area contributed by atoms with Crippen molar-refractivity contribution >= 4 is 66.4 Å². The molecule has 0 bridgehead atoms. The molecule has 1 aliphatic heterocycles. The third-order valence-electron chi connectivity index (χ3n) is 5.35. The van der Waals surface area contributed by atoms with Crippen molar-refractivity contribution in [1.29, 1.82) is 0 Å². The van der Waals surface area contributed by atoms with E-state index >= 15 is 0 Å². The lowest BCUT2D eigenvalue weighted by Crippen LogP contribution is -2.29. The molecule has 0 saturated carbocycles. The minimum Gasteiger partial charge on any atom is -0.448 e. The number of hydrogen-bond acceptors (Lipinski definition) is 4. The Morgan fingerprint density at radius 2 is 1.50 bits per heavy atom. The van der Waals surface area contributed by atoms with Gasteiger partial charge in [-0.1, -0.05) is 24.0 Å². The Kier molecular flexibility index (Phi) is 7.79. The SMILES string of the molecule is O=C(OCC1c2cc(C#CSI)ccc2-c2ccc(C#CSI)cc21)N1CCCC1. The number of benzene rings is 2. The second kappa shape index (κ2) is 10.5. The van der Waals surface area contributed by atoms with Crippen LogP contribution in [-0.4, -0.2) is 30.7 Å². The van der Waals surface area contributed by atoms with Gasteiger partial charge in [-0.25, -0.2) is 4.79 Å². The van der Waals surface area contributed by atoms with Crippen LogP contribution >= 0.6 is 60.3 Å². The van der Waals surface area contributed by atoms with Crippen LogP contribution in [0.15, 0.2) is 36.4 Å². The summed E-state index contributed by atoms with van der Waals surface area (Å²) in [5.74, 6) is 6.36. The predicted molar refractivity (Wildman–Crippen MR) is 143 cm³/mol. The fourth-order valence-corrected chi connectivity index (χ4v) is 4.97. The fourth-order valence-electron chi connectivity index (χ4n) is 4.00. The average molecular weight is 657 g/mol. The predicted octanol–water partition coefficient (Wildman–Crippen LogP) is 6.82. The van der Waals surface area contributed by atoms with Crippen LogP contribution in [0.2, 0.25) is 0 Å². The van der Waals surface area contributed by atoms with Crippen molar-refractivity contribution in [3.63, 3.8) is 0 Å². The van der Waals surface area contributed by atoms with Gasteiger partial charge in [-0.15, -0.1) is 0 Å². The Hall–Kier alpha value is -1.01. The first-order valence-electron chi connectivity index (χ1n) is 9.48. The smallest absolute Gasteiger partial charge is 0.409 e. The molecule has 0 spiro atoms. The van der Waals surface area contributed by atoms with Crippen LogP contribution in [0.25, 0.3) is 11.1 Å². The van der Waals surface area contributed by atoms with E-state index in [9.17, 15) is 4.79 Å². The Bertz CT molecular complexity index is 1020. The van der Waals surface area contributed by atoms with Crippen LogP contribution in [0, 0.1) is 22.3 Å². The summed E-state index contributed by atoms with van der Waals surface area (Å²) in [5, 5.41) is 6.10. The summed E-state index contributed by atoms with van der Waals surface area (Å²) in [7, 11) is 2.94. The summed E-state index contributed by atoms with van der Waals surface area (Å²) >= 11 is 4.35. The molecule has 1 fully saturated rings. The number of nitrogens with zero attached hydrogens (tertiary/aromatic N) is 1. The third kappa shape index (κ3) is 4.90. The third-order valence-corrected chi connectivity index (χ3v) is 7.03. The summed E-state index contributed by atoms with van der Waals surface area (Å²) in [6.07, 6.45) is 1.90. The van der Waals surface area contributed by atoms with E-state index in [1.165, 1.54) is 29.0 Å². The van der Waals surface area contributed by atoms with Crippen LogP contribution in [0.1, 0.15) is 41.0 Å². The van der Waals surface area contributed by atoms with E-state index < -0.39 is 0 Å². The van der Waals surface area contributed by atoms with Crippen molar-refractivity contribution in [3.8, 4) is 33.5 Å². The largest absolute Gasteiger partial charge is 0.448 e. The minimum atomic E-state index is -0.211. The van der Waals surface area contributed by atoms with Crippen LogP contribution in [-0.2, 0) is 4.74 Å². The maximum atomic E-state index is 12.5. The van der Waals surface area contributed by atoms with E-state index in [2.05, 4.69) is 101 Å². The van der Waals surface area contributed by atoms with Crippen LogP contribution in [0.3, 0.4) is 0 Å². The lowest BCUT2D eigenvalue weighted by atomic mass is 9.96. The maximum absolute atomic E-state index is 12.5. The Morgan fingerprint density at radius 3 is 2.00 bits per heavy atom. The van der Waals surface area contributed by atoms with E-state index in [0.29, 0.717) is 6.61 Å². The Balaban J connectivity index is 1.68. The maximum Gasteiger partial charge on any atom is 0.409 e. The molecule has 2 aromatic rings. The first kappa shape index (κ1) is 22.2. The second-order valence-electron chi connectivity index (χ2n) is 7.04. The van der Waals surface area contributed by atoms with Crippen molar-refractivity contribution in [2.24, 2.45) is 0 Å². The van der Waals surface area contributed by atoms with E-state index in [1.54, 1.807) is 4.90 Å². The summed E-state index contributed by atoms with van der Waals surface area (Å²) in [4.78, 5) is 14.3. The number of carbonyl (C=O) groups is 1. The molecule has 2 aromatic carbocycles. The highest BCUT2D eigenvalue weighted by Gasteiger charge is 2.31. The molecule has 0 aromatic heterocycles. The molecule has 152 valence electrons. The number of hydrogen-bond donors (Lipinski definition) is 0. The van der Waals surface area contributed by atoms with Gasteiger partial charge in [-0.2, -0.15) is 0 Å². The first-order valence-corrected chi connectivity index (χ1v) is 16.2. The zero-order valence-electron chi connectivity index (χ0n) is 15.9. The average Bonchev–Trinajstić information content (AvgIpc) is 3.41. The number of fused-ring (bicyclic) bond motifs is 3. The summed E-state index contributed by atoms with van der Waals surface area (Å²) in [6.45, 7) is 1.90. The monoisotopic (exact) mass is 657 g/mol. The molecule has 2 aliphatic rings. The van der Waals surface area contributed by atoms with E-state index in [4.69, 9.17) is 4.74 Å². The number of amides is 1. The van der Waals surface area contributed by atoms with Crippen molar-refractivity contribution in [2.45, 2.75) is 18.8 Å². The number of carbonyl (C=O) groups excluding carboxylic acids is 1. The number of likely N-dealkylation sites (tertiary alicyclic amines) is 1. The lowest BCUT2D eigenvalue weighted by molar-refractivity contribution is 0.108. The molecule has 4 rings (SSSR count). The number of rotatable bonds is 2. The molecule has 1 aliphatic carbocycles. The van der Waals surface area contributed by atoms with Crippen molar-refractivity contribution in [1.82, 2.24) is 4.90 Å². The summed E-state index contributed by atoms with van der Waals surface area (Å²) < 4.78 is 5.77. The molecule has 0 unspecified atom stereocenters. The van der Waals surface area contributed by atoms with Gasteiger partial charge in [0.15, 0.2) is 0 Å². The van der Waals surface area contributed by atoms with Crippen molar-refractivity contribution in [2.75, 3.05) is 19.7 Å². The van der Waals surface area contributed by atoms with Gasteiger partial charge in [0.2, 0.25) is 0 Å². The van der Waals surface area contributed by atoms with Gasteiger partial charge in [0.1, 0.15) is 6.61 Å². The van der Waals surface area contributed by atoms with Crippen molar-refractivity contribution in [3.05, 3.63) is 58.7 Å². The molecule has 0 radical (unpaired) electrons. The molecule has 1 saturated heterocycles. The van der Waals surface area contributed by atoms with Gasteiger partial charge in [-0.05, 0) is 87.7 Å². The van der Waals surface area contributed by atoms with Gasteiger partial charge in [-0.3, -0.25) is 0 Å². The van der Waals surface area contributed by atoms with Gasteiger partial charge >= 0.3 is 6.09 Å². The highest BCUT2D eigenvalue weighted by Crippen LogP contribution is 2.45. The highest BCUT2D eigenvalue weighted by molar-refractivity contribution is 14.2. The molecule has 3 nitrogen and oxygen atoms in total. The van der Waals surface area contributed by atoms with Gasteiger partial charge in [0, 0.05) is 72.5 Å². The molecular formula is C23H17I2NO2S2. The normalized spacial score (nSPS) is 14.3. The highest BCUT2D eigenvalue weighted by atomic mass is 127. The summed E-state index contributed by atoms with van der Waals surface area (Å²) in [5.41, 5.74) is 6.65. The number of halogens is 2. The first-order chi connectivity index (χ1) is 14.7. The molecule has 30 heavy (non-hydrogen) atoms. The van der Waals surface area contributed by atoms with Crippen LogP contribution in [0.4, 0.5) is 4.79 Å². The zero-order valence-corrected chi connectivity index (χ0v) is 21.9. The van der Waals surface area contributed by atoms with E-state index in [1.807, 2.05) is 0 Å². The molecular weight excluding hydrogens is 640 g/mol. The van der Waals surface area contributed by atoms with Crippen molar-refractivity contribution < 1.29 is 9.53 Å². The number of ether oxygens (including phenoxy) is 1. The quantitative estimate of drug-likeness (QED) is 0.262. The van der Waals surface area contributed by atoms with E-state index in [-0.39, 0.29) is 12.0 Å². The second-order valence-corrected chi connectivity index (χ2v) is 10.4. The van der Waals surface area contributed by atoms with Gasteiger partial charge in [0.05, 0.1) is 0 Å². The van der Waals surface area contributed by atoms with E-state index in [0.717, 1.165) is 48.2 Å². The lowest BCUT2D eigenvalue weighted by Gasteiger charge is -2.19. The molecule has 0 atom stereocenters. The van der Waals surface area contributed by atoms with Gasteiger partial charge < -0.3 is 9.64 Å². The molecule has 0 N–H and O–H groups in total. The molecule has 1 amide bonds. The Labute approximate surface area is 209 Å². The van der Waals surface area contributed by atoms with Crippen LogP contribution < -0.4 is 0 Å².